The molecule has 2 aromatic heterocycles. The van der Waals surface area contributed by atoms with Crippen LogP contribution in [0.5, 0.6) is 0 Å². The quantitative estimate of drug-likeness (QED) is 0.521. The summed E-state index contributed by atoms with van der Waals surface area (Å²) >= 11 is 1.73. The van der Waals surface area contributed by atoms with Gasteiger partial charge in [0.05, 0.1) is 16.6 Å². The van der Waals surface area contributed by atoms with Crippen molar-refractivity contribution in [3.8, 4) is 0 Å². The van der Waals surface area contributed by atoms with Crippen molar-refractivity contribution in [1.29, 1.82) is 0 Å². The SMILES string of the molecule is Cc1ccc(SCCNC(=O)c2cc(C3CC3)nc3onc(C)c23)cc1. The molecule has 0 atom stereocenters. The van der Waals surface area contributed by atoms with Gasteiger partial charge in [-0.2, -0.15) is 0 Å². The summed E-state index contributed by atoms with van der Waals surface area (Å²) in [4.78, 5) is 18.5. The summed E-state index contributed by atoms with van der Waals surface area (Å²) in [5.74, 6) is 1.18. The maximum atomic E-state index is 12.7. The normalized spacial score (nSPS) is 13.9. The number of thioether (sulfide) groups is 1. The molecule has 0 unspecified atom stereocenters. The third kappa shape index (κ3) is 3.60. The highest BCUT2D eigenvalue weighted by atomic mass is 32.2. The molecule has 1 aromatic carbocycles. The van der Waals surface area contributed by atoms with E-state index in [1.54, 1.807) is 11.8 Å². The van der Waals surface area contributed by atoms with E-state index >= 15 is 0 Å². The van der Waals surface area contributed by atoms with Gasteiger partial charge in [0.1, 0.15) is 0 Å². The zero-order valence-electron chi connectivity index (χ0n) is 14.9. The molecule has 3 aromatic rings. The second-order valence-corrected chi connectivity index (χ2v) is 7.90. The Labute approximate surface area is 156 Å². The Morgan fingerprint density at radius 2 is 2.04 bits per heavy atom. The highest BCUT2D eigenvalue weighted by Gasteiger charge is 2.28. The molecule has 134 valence electrons. The van der Waals surface area contributed by atoms with Crippen LogP contribution >= 0.6 is 11.8 Å². The lowest BCUT2D eigenvalue weighted by atomic mass is 10.1. The second-order valence-electron chi connectivity index (χ2n) is 6.73. The molecule has 1 aliphatic rings. The molecule has 2 heterocycles. The summed E-state index contributed by atoms with van der Waals surface area (Å²) in [7, 11) is 0. The molecule has 1 amide bonds. The zero-order chi connectivity index (χ0) is 18.1. The van der Waals surface area contributed by atoms with Crippen LogP contribution in [0.25, 0.3) is 11.1 Å². The molecule has 1 aliphatic carbocycles. The highest BCUT2D eigenvalue weighted by Crippen LogP contribution is 2.40. The lowest BCUT2D eigenvalue weighted by molar-refractivity contribution is 0.0957. The van der Waals surface area contributed by atoms with Crippen LogP contribution in [0.2, 0.25) is 0 Å². The minimum atomic E-state index is -0.0879. The minimum absolute atomic E-state index is 0.0879. The number of fused-ring (bicyclic) bond motifs is 1. The number of hydrogen-bond acceptors (Lipinski definition) is 5. The number of nitrogens with one attached hydrogen (secondary N) is 1. The van der Waals surface area contributed by atoms with Crippen molar-refractivity contribution in [2.75, 3.05) is 12.3 Å². The van der Waals surface area contributed by atoms with Gasteiger partial charge in [-0.15, -0.1) is 11.8 Å². The molecule has 1 N–H and O–H groups in total. The number of hydrogen-bond donors (Lipinski definition) is 1. The predicted octanol–water partition coefficient (Wildman–Crippen LogP) is 4.24. The van der Waals surface area contributed by atoms with E-state index in [0.29, 0.717) is 29.4 Å². The van der Waals surface area contributed by atoms with Gasteiger partial charge in [-0.05, 0) is 44.9 Å². The van der Waals surface area contributed by atoms with Gasteiger partial charge in [0.25, 0.3) is 11.6 Å². The fourth-order valence-corrected chi connectivity index (χ4v) is 3.71. The number of carbonyl (C=O) groups is 1. The minimum Gasteiger partial charge on any atom is -0.351 e. The first kappa shape index (κ1) is 17.1. The number of amides is 1. The summed E-state index contributed by atoms with van der Waals surface area (Å²) in [6, 6.07) is 10.3. The maximum absolute atomic E-state index is 12.7. The number of pyridine rings is 1. The van der Waals surface area contributed by atoms with Gasteiger partial charge in [0.2, 0.25) is 0 Å². The number of benzene rings is 1. The van der Waals surface area contributed by atoms with Gasteiger partial charge in [-0.3, -0.25) is 4.79 Å². The van der Waals surface area contributed by atoms with E-state index in [0.717, 1.165) is 29.7 Å². The van der Waals surface area contributed by atoms with E-state index < -0.39 is 0 Å². The molecule has 0 saturated heterocycles. The first-order valence-corrected chi connectivity index (χ1v) is 9.85. The van der Waals surface area contributed by atoms with Crippen molar-refractivity contribution in [2.45, 2.75) is 37.5 Å². The van der Waals surface area contributed by atoms with Crippen molar-refractivity contribution >= 4 is 28.8 Å². The van der Waals surface area contributed by atoms with Crippen molar-refractivity contribution in [3.05, 3.63) is 52.8 Å². The van der Waals surface area contributed by atoms with Crippen LogP contribution in [0.1, 0.15) is 46.1 Å². The summed E-state index contributed by atoms with van der Waals surface area (Å²) < 4.78 is 5.31. The lowest BCUT2D eigenvalue weighted by Gasteiger charge is -2.08. The number of rotatable bonds is 6. The molecule has 4 rings (SSSR count). The van der Waals surface area contributed by atoms with E-state index in [1.165, 1.54) is 10.5 Å². The monoisotopic (exact) mass is 367 g/mol. The fourth-order valence-electron chi connectivity index (χ4n) is 2.94. The Hall–Kier alpha value is -2.34. The van der Waals surface area contributed by atoms with Crippen molar-refractivity contribution in [3.63, 3.8) is 0 Å². The van der Waals surface area contributed by atoms with Crippen LogP contribution in [0.4, 0.5) is 0 Å². The maximum Gasteiger partial charge on any atom is 0.259 e. The molecule has 6 heteroatoms. The van der Waals surface area contributed by atoms with Crippen LogP contribution in [0, 0.1) is 13.8 Å². The summed E-state index contributed by atoms with van der Waals surface area (Å²) in [5, 5.41) is 7.72. The topological polar surface area (TPSA) is 68.0 Å². The Balaban J connectivity index is 1.44. The van der Waals surface area contributed by atoms with Crippen LogP contribution < -0.4 is 5.32 Å². The Morgan fingerprint density at radius 3 is 2.77 bits per heavy atom. The van der Waals surface area contributed by atoms with E-state index in [9.17, 15) is 4.79 Å². The van der Waals surface area contributed by atoms with Crippen molar-refractivity contribution < 1.29 is 9.32 Å². The van der Waals surface area contributed by atoms with Gasteiger partial charge < -0.3 is 9.84 Å². The van der Waals surface area contributed by atoms with Gasteiger partial charge in [0.15, 0.2) is 0 Å². The first-order valence-electron chi connectivity index (χ1n) is 8.86. The molecule has 0 spiro atoms. The number of carbonyl (C=O) groups excluding carboxylic acids is 1. The number of aromatic nitrogens is 2. The highest BCUT2D eigenvalue weighted by molar-refractivity contribution is 7.99. The molecule has 26 heavy (non-hydrogen) atoms. The third-order valence-corrected chi connectivity index (χ3v) is 5.57. The Kier molecular flexibility index (Phi) is 4.68. The largest absolute Gasteiger partial charge is 0.351 e. The summed E-state index contributed by atoms with van der Waals surface area (Å²) in [6.07, 6.45) is 2.25. The smallest absolute Gasteiger partial charge is 0.259 e. The third-order valence-electron chi connectivity index (χ3n) is 4.55. The average molecular weight is 367 g/mol. The van der Waals surface area contributed by atoms with Crippen LogP contribution in [-0.2, 0) is 0 Å². The summed E-state index contributed by atoms with van der Waals surface area (Å²) in [6.45, 7) is 4.52. The number of nitrogens with zero attached hydrogens (tertiary/aromatic N) is 2. The van der Waals surface area contributed by atoms with E-state index in [2.05, 4.69) is 46.6 Å². The molecular formula is C20H21N3O2S. The molecule has 1 saturated carbocycles. The molecule has 5 nitrogen and oxygen atoms in total. The number of aryl methyl sites for hydroxylation is 2. The van der Waals surface area contributed by atoms with Gasteiger partial charge in [0, 0.05) is 28.8 Å². The van der Waals surface area contributed by atoms with Crippen LogP contribution in [0.3, 0.4) is 0 Å². The van der Waals surface area contributed by atoms with Crippen molar-refractivity contribution in [1.82, 2.24) is 15.5 Å². The van der Waals surface area contributed by atoms with Gasteiger partial charge >= 0.3 is 0 Å². The molecule has 0 radical (unpaired) electrons. The lowest BCUT2D eigenvalue weighted by Crippen LogP contribution is -2.26. The van der Waals surface area contributed by atoms with E-state index in [1.807, 2.05) is 13.0 Å². The van der Waals surface area contributed by atoms with Crippen LogP contribution in [0.15, 0.2) is 39.8 Å². The molecule has 1 fully saturated rings. The van der Waals surface area contributed by atoms with Crippen molar-refractivity contribution in [2.24, 2.45) is 0 Å². The van der Waals surface area contributed by atoms with E-state index in [4.69, 9.17) is 4.52 Å². The van der Waals surface area contributed by atoms with Crippen LogP contribution in [-0.4, -0.2) is 28.3 Å². The van der Waals surface area contributed by atoms with Gasteiger partial charge in [-0.1, -0.05) is 22.9 Å². The Morgan fingerprint density at radius 1 is 1.27 bits per heavy atom. The fraction of sp³-hybridized carbons (Fsp3) is 0.350. The standard InChI is InChI=1S/C20H21N3O2S/c1-12-3-7-15(8-4-12)26-10-9-21-19(24)16-11-17(14-5-6-14)22-20-18(16)13(2)23-25-20/h3-4,7-8,11,14H,5-6,9-10H2,1-2H3,(H,21,24). The van der Waals surface area contributed by atoms with E-state index in [-0.39, 0.29) is 5.91 Å². The van der Waals surface area contributed by atoms with Gasteiger partial charge in [-0.25, -0.2) is 4.98 Å². The summed E-state index contributed by atoms with van der Waals surface area (Å²) in [5.41, 5.74) is 3.98. The molecule has 0 bridgehead atoms. The zero-order valence-corrected chi connectivity index (χ0v) is 15.7. The first-order chi connectivity index (χ1) is 12.6. The second kappa shape index (κ2) is 7.11. The Bertz CT molecular complexity index is 946. The molecule has 0 aliphatic heterocycles. The average Bonchev–Trinajstić information content (AvgIpc) is 3.43. The molecular weight excluding hydrogens is 346 g/mol. The predicted molar refractivity (Wildman–Crippen MR) is 103 cm³/mol.